The molecule has 0 radical (unpaired) electrons. The van der Waals surface area contributed by atoms with E-state index in [0.29, 0.717) is 10.1 Å². The highest BCUT2D eigenvalue weighted by Crippen LogP contribution is 2.43. The van der Waals surface area contributed by atoms with E-state index in [4.69, 9.17) is 0 Å². The minimum Gasteiger partial charge on any atom is -0.347 e. The summed E-state index contributed by atoms with van der Waals surface area (Å²) in [6.07, 6.45) is 1.27. The summed E-state index contributed by atoms with van der Waals surface area (Å²) in [5.41, 5.74) is 1.84. The van der Waals surface area contributed by atoms with Crippen molar-refractivity contribution in [2.75, 3.05) is 25.6 Å². The lowest BCUT2D eigenvalue weighted by molar-refractivity contribution is -0.130. The summed E-state index contributed by atoms with van der Waals surface area (Å²) in [7, 11) is 3.36. The zero-order valence-electron chi connectivity index (χ0n) is 13.2. The van der Waals surface area contributed by atoms with Crippen LogP contribution in [0.15, 0.2) is 24.3 Å². The van der Waals surface area contributed by atoms with Crippen molar-refractivity contribution >= 4 is 35.3 Å². The van der Waals surface area contributed by atoms with Gasteiger partial charge in [0.15, 0.2) is 0 Å². The molecule has 6 heteroatoms. The fraction of sp³-hybridized carbons (Fsp3) is 0.500. The van der Waals surface area contributed by atoms with E-state index < -0.39 is 6.04 Å². The van der Waals surface area contributed by atoms with Crippen LogP contribution >= 0.6 is 23.5 Å². The van der Waals surface area contributed by atoms with Gasteiger partial charge in [0.1, 0.15) is 6.04 Å². The molecule has 1 unspecified atom stereocenters. The monoisotopic (exact) mass is 338 g/mol. The number of rotatable bonds is 4. The molecule has 0 bridgehead atoms. The summed E-state index contributed by atoms with van der Waals surface area (Å²) in [4.78, 5) is 25.4. The van der Waals surface area contributed by atoms with Gasteiger partial charge in [-0.05, 0) is 42.5 Å². The summed E-state index contributed by atoms with van der Waals surface area (Å²) >= 11 is 3.92. The van der Waals surface area contributed by atoms with Gasteiger partial charge in [-0.25, -0.2) is 0 Å². The molecular formula is C16H22N2O2S2. The molecule has 4 nitrogen and oxygen atoms in total. The van der Waals surface area contributed by atoms with Gasteiger partial charge in [-0.1, -0.05) is 12.1 Å². The van der Waals surface area contributed by atoms with Gasteiger partial charge in [0.2, 0.25) is 5.91 Å². The molecule has 1 aliphatic heterocycles. The van der Waals surface area contributed by atoms with E-state index in [2.05, 4.69) is 5.32 Å². The van der Waals surface area contributed by atoms with Crippen LogP contribution in [0.4, 0.5) is 0 Å². The first-order valence-electron chi connectivity index (χ1n) is 7.34. The molecule has 0 aliphatic carbocycles. The molecule has 0 aromatic heterocycles. The number of hydrogen-bond acceptors (Lipinski definition) is 4. The third-order valence-electron chi connectivity index (χ3n) is 3.43. The minimum atomic E-state index is -0.522. The fourth-order valence-electron chi connectivity index (χ4n) is 2.20. The predicted molar refractivity (Wildman–Crippen MR) is 94.3 cm³/mol. The number of carbonyl (C=O) groups is 2. The summed E-state index contributed by atoms with van der Waals surface area (Å²) in [5.74, 6) is 2.08. The molecule has 1 heterocycles. The maximum Gasteiger partial charge on any atom is 0.251 e. The van der Waals surface area contributed by atoms with Crippen LogP contribution in [0.3, 0.4) is 0 Å². The van der Waals surface area contributed by atoms with E-state index in [-0.39, 0.29) is 11.8 Å². The third kappa shape index (κ3) is 4.43. The SMILES string of the molecule is CC(NC(=O)c1ccc(C2SCCCS2)cc1)C(=O)N(C)C. The molecule has 2 rings (SSSR count). The van der Waals surface area contributed by atoms with Crippen molar-refractivity contribution in [1.82, 2.24) is 10.2 Å². The van der Waals surface area contributed by atoms with Gasteiger partial charge in [0.05, 0.1) is 4.58 Å². The number of benzene rings is 1. The van der Waals surface area contributed by atoms with Gasteiger partial charge in [-0.15, -0.1) is 23.5 Å². The van der Waals surface area contributed by atoms with Crippen molar-refractivity contribution in [3.63, 3.8) is 0 Å². The van der Waals surface area contributed by atoms with E-state index >= 15 is 0 Å². The number of hydrogen-bond donors (Lipinski definition) is 1. The van der Waals surface area contributed by atoms with Crippen molar-refractivity contribution in [1.29, 1.82) is 0 Å². The summed E-state index contributed by atoms with van der Waals surface area (Å²) < 4.78 is 0.472. The molecule has 1 atom stereocenters. The largest absolute Gasteiger partial charge is 0.347 e. The van der Waals surface area contributed by atoms with E-state index in [9.17, 15) is 9.59 Å². The summed E-state index contributed by atoms with van der Waals surface area (Å²) in [6, 6.07) is 7.19. The van der Waals surface area contributed by atoms with Gasteiger partial charge >= 0.3 is 0 Å². The number of likely N-dealkylation sites (N-methyl/N-ethyl adjacent to an activating group) is 1. The zero-order valence-corrected chi connectivity index (χ0v) is 14.8. The van der Waals surface area contributed by atoms with Crippen LogP contribution in [0.1, 0.15) is 33.8 Å². The molecule has 1 saturated heterocycles. The number of nitrogens with zero attached hydrogens (tertiary/aromatic N) is 1. The second-order valence-electron chi connectivity index (χ2n) is 5.48. The van der Waals surface area contributed by atoms with Crippen LogP contribution in [0, 0.1) is 0 Å². The van der Waals surface area contributed by atoms with Crippen molar-refractivity contribution in [2.24, 2.45) is 0 Å². The molecule has 2 amide bonds. The topological polar surface area (TPSA) is 49.4 Å². The van der Waals surface area contributed by atoms with Crippen molar-refractivity contribution in [3.05, 3.63) is 35.4 Å². The van der Waals surface area contributed by atoms with Crippen LogP contribution in [0.25, 0.3) is 0 Å². The summed E-state index contributed by atoms with van der Waals surface area (Å²) in [5, 5.41) is 2.74. The minimum absolute atomic E-state index is 0.111. The predicted octanol–water partition coefficient (Wildman–Crippen LogP) is 2.76. The normalized spacial score (nSPS) is 16.9. The standard InChI is InChI=1S/C16H22N2O2S2/c1-11(15(20)18(2)3)17-14(19)12-5-7-13(8-6-12)16-21-9-4-10-22-16/h5-8,11,16H,4,9-10H2,1-3H3,(H,17,19). The van der Waals surface area contributed by atoms with Crippen LogP contribution in [-0.2, 0) is 4.79 Å². The number of thioether (sulfide) groups is 2. The van der Waals surface area contributed by atoms with Crippen LogP contribution in [-0.4, -0.2) is 48.4 Å². The lowest BCUT2D eigenvalue weighted by atomic mass is 10.1. The highest BCUT2D eigenvalue weighted by Gasteiger charge is 2.19. The zero-order chi connectivity index (χ0) is 16.1. The maximum atomic E-state index is 12.2. The summed E-state index contributed by atoms with van der Waals surface area (Å²) in [6.45, 7) is 1.70. The molecule has 1 aliphatic rings. The molecule has 0 saturated carbocycles. The van der Waals surface area contributed by atoms with Crippen molar-refractivity contribution < 1.29 is 9.59 Å². The second-order valence-corrected chi connectivity index (χ2v) is 8.20. The van der Waals surface area contributed by atoms with Gasteiger partial charge < -0.3 is 10.2 Å². The molecule has 22 heavy (non-hydrogen) atoms. The lowest BCUT2D eigenvalue weighted by Gasteiger charge is -2.21. The molecule has 1 N–H and O–H groups in total. The van der Waals surface area contributed by atoms with Crippen LogP contribution < -0.4 is 5.32 Å². The Bertz CT molecular complexity index is 525. The number of nitrogens with one attached hydrogen (secondary N) is 1. The van der Waals surface area contributed by atoms with E-state index in [1.807, 2.05) is 47.8 Å². The number of carbonyl (C=O) groups excluding carboxylic acids is 2. The second kappa shape index (κ2) is 7.92. The third-order valence-corrected chi connectivity index (χ3v) is 6.45. The van der Waals surface area contributed by atoms with Crippen LogP contribution in [0.5, 0.6) is 0 Å². The lowest BCUT2D eigenvalue weighted by Crippen LogP contribution is -2.44. The van der Waals surface area contributed by atoms with Crippen molar-refractivity contribution in [2.45, 2.75) is 24.0 Å². The Hall–Kier alpha value is -1.14. The first kappa shape index (κ1) is 17.2. The Morgan fingerprint density at radius 2 is 1.77 bits per heavy atom. The Morgan fingerprint density at radius 3 is 2.32 bits per heavy atom. The van der Waals surface area contributed by atoms with Gasteiger partial charge in [-0.3, -0.25) is 9.59 Å². The molecule has 120 valence electrons. The quantitative estimate of drug-likeness (QED) is 0.917. The van der Waals surface area contributed by atoms with Gasteiger partial charge in [-0.2, -0.15) is 0 Å². The highest BCUT2D eigenvalue weighted by atomic mass is 32.2. The first-order chi connectivity index (χ1) is 10.5. The molecule has 1 fully saturated rings. The molecule has 1 aromatic carbocycles. The van der Waals surface area contributed by atoms with Crippen LogP contribution in [0.2, 0.25) is 0 Å². The average molecular weight is 338 g/mol. The average Bonchev–Trinajstić information content (AvgIpc) is 2.54. The fourth-order valence-corrected chi connectivity index (χ4v) is 5.10. The highest BCUT2D eigenvalue weighted by molar-refractivity contribution is 8.16. The van der Waals surface area contributed by atoms with E-state index in [0.717, 1.165) is 0 Å². The maximum absolute atomic E-state index is 12.2. The van der Waals surface area contributed by atoms with E-state index in [1.54, 1.807) is 21.0 Å². The Kier molecular flexibility index (Phi) is 6.20. The Labute approximate surface area is 140 Å². The Morgan fingerprint density at radius 1 is 1.18 bits per heavy atom. The molecule has 0 spiro atoms. The van der Waals surface area contributed by atoms with E-state index in [1.165, 1.54) is 28.4 Å². The van der Waals surface area contributed by atoms with Gasteiger partial charge in [0.25, 0.3) is 5.91 Å². The number of amides is 2. The smallest absolute Gasteiger partial charge is 0.251 e. The first-order valence-corrected chi connectivity index (χ1v) is 9.44. The Balaban J connectivity index is 1.97. The molecule has 1 aromatic rings. The van der Waals surface area contributed by atoms with Crippen molar-refractivity contribution in [3.8, 4) is 0 Å². The molecular weight excluding hydrogens is 316 g/mol. The van der Waals surface area contributed by atoms with Gasteiger partial charge in [0, 0.05) is 19.7 Å².